The molecule has 2 aromatic heterocycles. The highest BCUT2D eigenvalue weighted by molar-refractivity contribution is 5.77. The van der Waals surface area contributed by atoms with Gasteiger partial charge in [0.15, 0.2) is 5.65 Å². The van der Waals surface area contributed by atoms with Gasteiger partial charge in [-0.25, -0.2) is 35.8 Å². The summed E-state index contributed by atoms with van der Waals surface area (Å²) in [5.74, 6) is -6.64. The summed E-state index contributed by atoms with van der Waals surface area (Å²) in [5.41, 5.74) is 7.35. The molecule has 12 heteroatoms. The summed E-state index contributed by atoms with van der Waals surface area (Å²) in [4.78, 5) is 16.7. The summed E-state index contributed by atoms with van der Waals surface area (Å²) in [6.45, 7) is 0. The predicted molar refractivity (Wildman–Crippen MR) is 111 cm³/mol. The monoisotopic (exact) mass is 491 g/mol. The van der Waals surface area contributed by atoms with E-state index in [0.29, 0.717) is 16.9 Å². The summed E-state index contributed by atoms with van der Waals surface area (Å²) >= 11 is 0. The SMILES string of the molecule is N[C@H](c1cn2ncc([C@@H](CC(F)F)NC(=O)CC3CC(F)(F)C3)cc2n1)C1CCC(F)(F)CC1. The first-order chi connectivity index (χ1) is 15.9. The highest BCUT2D eigenvalue weighted by Gasteiger charge is 2.45. The van der Waals surface area contributed by atoms with E-state index in [1.54, 1.807) is 6.20 Å². The van der Waals surface area contributed by atoms with Gasteiger partial charge in [-0.3, -0.25) is 4.79 Å². The van der Waals surface area contributed by atoms with Gasteiger partial charge in [0.05, 0.1) is 30.2 Å². The van der Waals surface area contributed by atoms with Crippen LogP contribution < -0.4 is 11.1 Å². The van der Waals surface area contributed by atoms with Gasteiger partial charge in [-0.2, -0.15) is 5.10 Å². The fraction of sp³-hybridized carbons (Fsp3) is 0.682. The second-order valence-electron chi connectivity index (χ2n) is 9.56. The number of fused-ring (bicyclic) bond motifs is 1. The van der Waals surface area contributed by atoms with Gasteiger partial charge in [-0.1, -0.05) is 0 Å². The molecule has 0 saturated heterocycles. The minimum absolute atomic E-state index is 0.159. The lowest BCUT2D eigenvalue weighted by molar-refractivity contribution is -0.134. The summed E-state index contributed by atoms with van der Waals surface area (Å²) in [6.07, 6.45) is -1.32. The number of nitrogens with one attached hydrogen (secondary N) is 1. The molecule has 0 spiro atoms. The molecule has 2 aliphatic carbocycles. The van der Waals surface area contributed by atoms with Crippen molar-refractivity contribution in [3.05, 3.63) is 29.7 Å². The Morgan fingerprint density at radius 3 is 2.47 bits per heavy atom. The van der Waals surface area contributed by atoms with E-state index in [4.69, 9.17) is 5.73 Å². The minimum atomic E-state index is -2.76. The molecule has 1 amide bonds. The zero-order chi connectivity index (χ0) is 24.7. The van der Waals surface area contributed by atoms with Gasteiger partial charge in [0.25, 0.3) is 0 Å². The number of alkyl halides is 6. The van der Waals surface area contributed by atoms with Gasteiger partial charge in [0.1, 0.15) is 0 Å². The first-order valence-electron chi connectivity index (χ1n) is 11.3. The molecule has 0 aliphatic heterocycles. The summed E-state index contributed by atoms with van der Waals surface area (Å²) in [5, 5.41) is 6.69. The van der Waals surface area contributed by atoms with Crippen molar-refractivity contribution in [3.8, 4) is 0 Å². The molecule has 0 unspecified atom stereocenters. The lowest BCUT2D eigenvalue weighted by atomic mass is 9.79. The Hall–Kier alpha value is -2.37. The number of hydrogen-bond donors (Lipinski definition) is 2. The predicted octanol–water partition coefficient (Wildman–Crippen LogP) is 4.80. The van der Waals surface area contributed by atoms with Crippen LogP contribution >= 0.6 is 0 Å². The number of hydrogen-bond acceptors (Lipinski definition) is 4. The number of imidazole rings is 1. The van der Waals surface area contributed by atoms with E-state index >= 15 is 0 Å². The molecule has 4 rings (SSSR count). The van der Waals surface area contributed by atoms with Crippen molar-refractivity contribution in [1.82, 2.24) is 19.9 Å². The van der Waals surface area contributed by atoms with Crippen LogP contribution in [-0.2, 0) is 4.79 Å². The Labute approximate surface area is 192 Å². The number of rotatable bonds is 8. The maximum Gasteiger partial charge on any atom is 0.248 e. The van der Waals surface area contributed by atoms with E-state index < -0.39 is 48.6 Å². The van der Waals surface area contributed by atoms with Gasteiger partial charge in [0, 0.05) is 38.5 Å². The molecule has 2 atom stereocenters. The van der Waals surface area contributed by atoms with Crippen LogP contribution in [0, 0.1) is 11.8 Å². The number of halogens is 6. The van der Waals surface area contributed by atoms with E-state index in [-0.39, 0.29) is 50.9 Å². The van der Waals surface area contributed by atoms with Gasteiger partial charge >= 0.3 is 0 Å². The Morgan fingerprint density at radius 1 is 1.18 bits per heavy atom. The van der Waals surface area contributed by atoms with E-state index in [9.17, 15) is 31.1 Å². The average Bonchev–Trinajstić information content (AvgIpc) is 3.14. The lowest BCUT2D eigenvalue weighted by Crippen LogP contribution is -2.39. The van der Waals surface area contributed by atoms with Crippen molar-refractivity contribution in [2.45, 2.75) is 81.7 Å². The molecule has 0 aromatic carbocycles. The number of aromatic nitrogens is 3. The minimum Gasteiger partial charge on any atom is -0.349 e. The Morgan fingerprint density at radius 2 is 1.85 bits per heavy atom. The topological polar surface area (TPSA) is 85.3 Å². The summed E-state index contributed by atoms with van der Waals surface area (Å²) in [6, 6.07) is -0.137. The van der Waals surface area contributed by atoms with Crippen LogP contribution in [0.15, 0.2) is 18.5 Å². The van der Waals surface area contributed by atoms with Crippen LogP contribution in [-0.4, -0.2) is 38.8 Å². The van der Waals surface area contributed by atoms with Crippen molar-refractivity contribution in [1.29, 1.82) is 0 Å². The molecular weight excluding hydrogens is 464 g/mol. The molecule has 3 N–H and O–H groups in total. The fourth-order valence-electron chi connectivity index (χ4n) is 4.83. The standard InChI is InChI=1S/C22H27F6N5O/c23-17(24)7-15(32-19(34)5-12-8-22(27,28)9-12)14-6-18-31-16(11-33(18)30-10-14)20(29)13-1-3-21(25,26)4-2-13/h6,10-13,15,17,20H,1-5,7-9,29H2,(H,32,34)/t15-,20+/m1/s1. The highest BCUT2D eigenvalue weighted by atomic mass is 19.3. The second kappa shape index (κ2) is 9.35. The van der Waals surface area contributed by atoms with Crippen LogP contribution in [0.2, 0.25) is 0 Å². The molecule has 2 fully saturated rings. The molecule has 0 radical (unpaired) electrons. The van der Waals surface area contributed by atoms with Crippen LogP contribution in [0.25, 0.3) is 5.65 Å². The smallest absolute Gasteiger partial charge is 0.248 e. The molecule has 2 heterocycles. The number of carbonyl (C=O) groups is 1. The van der Waals surface area contributed by atoms with E-state index in [1.165, 1.54) is 16.8 Å². The number of nitrogens with two attached hydrogens (primary N) is 1. The molecule has 34 heavy (non-hydrogen) atoms. The number of amides is 1. The fourth-order valence-corrected chi connectivity index (χ4v) is 4.83. The van der Waals surface area contributed by atoms with Crippen molar-refractivity contribution < 1.29 is 31.1 Å². The van der Waals surface area contributed by atoms with Crippen molar-refractivity contribution >= 4 is 11.6 Å². The summed E-state index contributed by atoms with van der Waals surface area (Å²) in [7, 11) is 0. The molecular formula is C22H27F6N5O. The largest absolute Gasteiger partial charge is 0.349 e. The quantitative estimate of drug-likeness (QED) is 0.520. The van der Waals surface area contributed by atoms with Gasteiger partial charge in [-0.15, -0.1) is 0 Å². The Bertz CT molecular complexity index is 1010. The molecule has 2 aromatic rings. The van der Waals surface area contributed by atoms with E-state index in [1.807, 2.05) is 0 Å². The zero-order valence-corrected chi connectivity index (χ0v) is 18.4. The van der Waals surface area contributed by atoms with E-state index in [0.717, 1.165) is 0 Å². The van der Waals surface area contributed by atoms with Crippen LogP contribution in [0.3, 0.4) is 0 Å². The third-order valence-electron chi connectivity index (χ3n) is 6.77. The van der Waals surface area contributed by atoms with Crippen molar-refractivity contribution in [2.75, 3.05) is 0 Å². The average molecular weight is 491 g/mol. The number of carbonyl (C=O) groups excluding carboxylic acids is 1. The van der Waals surface area contributed by atoms with Gasteiger partial charge < -0.3 is 11.1 Å². The van der Waals surface area contributed by atoms with Crippen molar-refractivity contribution in [3.63, 3.8) is 0 Å². The van der Waals surface area contributed by atoms with Crippen LogP contribution in [0.5, 0.6) is 0 Å². The van der Waals surface area contributed by atoms with Crippen LogP contribution in [0.1, 0.15) is 74.7 Å². The molecule has 2 aliphatic rings. The molecule has 0 bridgehead atoms. The van der Waals surface area contributed by atoms with Gasteiger partial charge in [-0.05, 0) is 36.3 Å². The normalized spacial score (nSPS) is 22.5. The molecule has 188 valence electrons. The van der Waals surface area contributed by atoms with E-state index in [2.05, 4.69) is 15.4 Å². The Balaban J connectivity index is 1.46. The lowest BCUT2D eigenvalue weighted by Gasteiger charge is -2.34. The van der Waals surface area contributed by atoms with Crippen LogP contribution in [0.4, 0.5) is 26.3 Å². The van der Waals surface area contributed by atoms with Gasteiger partial charge in [0.2, 0.25) is 24.2 Å². The maximum absolute atomic E-state index is 13.5. The zero-order valence-electron chi connectivity index (χ0n) is 18.4. The molecule has 2 saturated carbocycles. The first-order valence-corrected chi connectivity index (χ1v) is 11.3. The van der Waals surface area contributed by atoms with Crippen molar-refractivity contribution in [2.24, 2.45) is 17.6 Å². The third-order valence-corrected chi connectivity index (χ3v) is 6.77. The first kappa shape index (κ1) is 24.7. The highest BCUT2D eigenvalue weighted by Crippen LogP contribution is 2.44. The Kier molecular flexibility index (Phi) is 6.80. The maximum atomic E-state index is 13.5. The second-order valence-corrected chi connectivity index (χ2v) is 9.56. The third kappa shape index (κ3) is 5.81. The number of nitrogens with zero attached hydrogens (tertiary/aromatic N) is 3. The summed E-state index contributed by atoms with van der Waals surface area (Å²) < 4.78 is 80.7. The molecule has 6 nitrogen and oxygen atoms in total.